The van der Waals surface area contributed by atoms with Crippen LogP contribution in [0.1, 0.15) is 6.92 Å². The molecule has 5 nitrogen and oxygen atoms in total. The van der Waals surface area contributed by atoms with E-state index in [4.69, 9.17) is 10.5 Å². The summed E-state index contributed by atoms with van der Waals surface area (Å²) in [5.41, 5.74) is 5.72. The average Bonchev–Trinajstić information content (AvgIpc) is 2.26. The van der Waals surface area contributed by atoms with Gasteiger partial charge in [0.05, 0.1) is 25.9 Å². The molecule has 2 N–H and O–H groups in total. The zero-order valence-electron chi connectivity index (χ0n) is 10.7. The van der Waals surface area contributed by atoms with Gasteiger partial charge in [-0.2, -0.15) is 13.2 Å². The third kappa shape index (κ3) is 8.47. The van der Waals surface area contributed by atoms with E-state index in [1.165, 1.54) is 0 Å². The molecule has 1 unspecified atom stereocenters. The summed E-state index contributed by atoms with van der Waals surface area (Å²) in [5, 5.41) is 0. The molecule has 1 aliphatic rings. The molecule has 19 heavy (non-hydrogen) atoms. The van der Waals surface area contributed by atoms with Crippen molar-refractivity contribution in [1.29, 1.82) is 0 Å². The number of guanidine groups is 1. The van der Waals surface area contributed by atoms with Crippen LogP contribution in [0.25, 0.3) is 0 Å². The number of ether oxygens (including phenoxy) is 2. The minimum atomic E-state index is -4.30. The Morgan fingerprint density at radius 2 is 2.21 bits per heavy atom. The third-order valence-electron chi connectivity index (χ3n) is 2.34. The van der Waals surface area contributed by atoms with E-state index in [-0.39, 0.29) is 43.2 Å². The quantitative estimate of drug-likeness (QED) is 0.336. The van der Waals surface area contributed by atoms with E-state index in [0.29, 0.717) is 25.7 Å². The number of alkyl halides is 3. The number of morpholine rings is 1. The third-order valence-corrected chi connectivity index (χ3v) is 2.34. The molecule has 1 atom stereocenters. The second-order valence-corrected chi connectivity index (χ2v) is 4.04. The summed E-state index contributed by atoms with van der Waals surface area (Å²) in [6, 6.07) is 0. The molecule has 1 fully saturated rings. The zero-order chi connectivity index (χ0) is 13.6. The van der Waals surface area contributed by atoms with Crippen LogP contribution in [0.4, 0.5) is 13.2 Å². The predicted octanol–water partition coefficient (Wildman–Crippen LogP) is 1.22. The van der Waals surface area contributed by atoms with E-state index in [9.17, 15) is 13.2 Å². The largest absolute Gasteiger partial charge is 0.411 e. The van der Waals surface area contributed by atoms with Crippen molar-refractivity contribution >= 4 is 29.9 Å². The molecule has 1 saturated heterocycles. The normalized spacial score (nSPS) is 21.2. The van der Waals surface area contributed by atoms with Gasteiger partial charge in [0.1, 0.15) is 6.61 Å². The highest BCUT2D eigenvalue weighted by Gasteiger charge is 2.27. The Labute approximate surface area is 127 Å². The maximum Gasteiger partial charge on any atom is 0.411 e. The molecule has 0 aromatic rings. The molecule has 1 heterocycles. The highest BCUT2D eigenvalue weighted by molar-refractivity contribution is 14.0. The van der Waals surface area contributed by atoms with Crippen molar-refractivity contribution in [3.05, 3.63) is 0 Å². The van der Waals surface area contributed by atoms with E-state index >= 15 is 0 Å². The molecule has 0 saturated carbocycles. The number of nitrogens with two attached hydrogens (primary N) is 1. The van der Waals surface area contributed by atoms with Gasteiger partial charge in [-0.25, -0.2) is 0 Å². The lowest BCUT2D eigenvalue weighted by Gasteiger charge is -2.31. The van der Waals surface area contributed by atoms with Gasteiger partial charge in [0.15, 0.2) is 5.96 Å². The van der Waals surface area contributed by atoms with Crippen molar-refractivity contribution in [3.8, 4) is 0 Å². The topological polar surface area (TPSA) is 60.1 Å². The average molecular weight is 397 g/mol. The van der Waals surface area contributed by atoms with Crippen molar-refractivity contribution in [1.82, 2.24) is 4.90 Å². The smallest absolute Gasteiger partial charge is 0.375 e. The second kappa shape index (κ2) is 8.80. The maximum absolute atomic E-state index is 11.8. The summed E-state index contributed by atoms with van der Waals surface area (Å²) in [4.78, 5) is 5.82. The number of hydrogen-bond donors (Lipinski definition) is 1. The fourth-order valence-corrected chi connectivity index (χ4v) is 1.54. The first-order valence-electron chi connectivity index (χ1n) is 5.69. The Hall–Kier alpha value is -0.290. The van der Waals surface area contributed by atoms with Crippen LogP contribution in [0.2, 0.25) is 0 Å². The molecular formula is C10H19F3IN3O2. The zero-order valence-corrected chi connectivity index (χ0v) is 13.0. The van der Waals surface area contributed by atoms with E-state index in [2.05, 4.69) is 9.73 Å². The first kappa shape index (κ1) is 18.7. The van der Waals surface area contributed by atoms with E-state index < -0.39 is 12.8 Å². The van der Waals surface area contributed by atoms with Gasteiger partial charge in [-0.05, 0) is 6.92 Å². The first-order chi connectivity index (χ1) is 8.38. The van der Waals surface area contributed by atoms with Crippen LogP contribution in [-0.2, 0) is 9.47 Å². The van der Waals surface area contributed by atoms with Gasteiger partial charge in [-0.3, -0.25) is 4.99 Å². The molecule has 0 aliphatic carbocycles. The van der Waals surface area contributed by atoms with Gasteiger partial charge in [0.2, 0.25) is 0 Å². The monoisotopic (exact) mass is 397 g/mol. The molecule has 114 valence electrons. The second-order valence-electron chi connectivity index (χ2n) is 4.04. The van der Waals surface area contributed by atoms with Crippen molar-refractivity contribution in [2.24, 2.45) is 10.7 Å². The first-order valence-corrected chi connectivity index (χ1v) is 5.69. The summed E-state index contributed by atoms with van der Waals surface area (Å²) in [6.45, 7) is 2.54. The van der Waals surface area contributed by atoms with Crippen LogP contribution >= 0.6 is 24.0 Å². The highest BCUT2D eigenvalue weighted by atomic mass is 127. The van der Waals surface area contributed by atoms with Crippen LogP contribution in [0, 0.1) is 0 Å². The summed E-state index contributed by atoms with van der Waals surface area (Å²) in [7, 11) is 0. The molecule has 0 spiro atoms. The van der Waals surface area contributed by atoms with Crippen LogP contribution < -0.4 is 5.73 Å². The van der Waals surface area contributed by atoms with Gasteiger partial charge in [0.25, 0.3) is 0 Å². The molecule has 0 radical (unpaired) electrons. The SMILES string of the molecule is CC1CN(C(N)=NCCOCC(F)(F)F)CCO1.I. The standard InChI is InChI=1S/C10H18F3N3O2.HI/c1-8-6-16(3-5-18-8)9(14)15-2-4-17-7-10(11,12)13;/h8H,2-7H2,1H3,(H2,14,15);1H. The molecule has 0 aromatic heterocycles. The molecule has 0 bridgehead atoms. The van der Waals surface area contributed by atoms with Crippen LogP contribution in [0.15, 0.2) is 4.99 Å². The molecule has 1 rings (SSSR count). The van der Waals surface area contributed by atoms with Crippen LogP contribution in [-0.4, -0.2) is 62.6 Å². The Balaban J connectivity index is 0.00000324. The number of rotatable bonds is 4. The number of hydrogen-bond acceptors (Lipinski definition) is 3. The molecule has 9 heteroatoms. The highest BCUT2D eigenvalue weighted by Crippen LogP contribution is 2.14. The Kier molecular flexibility index (Phi) is 8.66. The van der Waals surface area contributed by atoms with Crippen LogP contribution in [0.3, 0.4) is 0 Å². The van der Waals surface area contributed by atoms with Gasteiger partial charge in [0, 0.05) is 13.1 Å². The van der Waals surface area contributed by atoms with Gasteiger partial charge in [-0.1, -0.05) is 0 Å². The lowest BCUT2D eigenvalue weighted by molar-refractivity contribution is -0.173. The number of halogens is 4. The van der Waals surface area contributed by atoms with Gasteiger partial charge >= 0.3 is 6.18 Å². The lowest BCUT2D eigenvalue weighted by atomic mass is 10.3. The summed E-state index contributed by atoms with van der Waals surface area (Å²) >= 11 is 0. The Bertz CT molecular complexity index is 290. The summed E-state index contributed by atoms with van der Waals surface area (Å²) in [6.07, 6.45) is -4.22. The molecule has 1 aliphatic heterocycles. The minimum absolute atomic E-state index is 0. The Morgan fingerprint density at radius 3 is 2.79 bits per heavy atom. The van der Waals surface area contributed by atoms with Gasteiger partial charge in [-0.15, -0.1) is 24.0 Å². The van der Waals surface area contributed by atoms with Crippen LogP contribution in [0.5, 0.6) is 0 Å². The molecule has 0 aromatic carbocycles. The fraction of sp³-hybridized carbons (Fsp3) is 0.900. The predicted molar refractivity (Wildman–Crippen MR) is 75.8 cm³/mol. The Morgan fingerprint density at radius 1 is 1.53 bits per heavy atom. The van der Waals surface area contributed by atoms with Crippen molar-refractivity contribution in [2.75, 3.05) is 39.5 Å². The molecule has 0 amide bonds. The van der Waals surface area contributed by atoms with Crippen molar-refractivity contribution in [3.63, 3.8) is 0 Å². The maximum atomic E-state index is 11.8. The summed E-state index contributed by atoms with van der Waals surface area (Å²) in [5.74, 6) is 0.320. The number of aliphatic imine (C=N–C) groups is 1. The molecular weight excluding hydrogens is 378 g/mol. The van der Waals surface area contributed by atoms with E-state index in [1.54, 1.807) is 0 Å². The number of nitrogens with zero attached hydrogens (tertiary/aromatic N) is 2. The fourth-order valence-electron chi connectivity index (χ4n) is 1.54. The minimum Gasteiger partial charge on any atom is -0.375 e. The van der Waals surface area contributed by atoms with E-state index in [0.717, 1.165) is 0 Å². The van der Waals surface area contributed by atoms with Crippen molar-refractivity contribution < 1.29 is 22.6 Å². The van der Waals surface area contributed by atoms with Crippen molar-refractivity contribution in [2.45, 2.75) is 19.2 Å². The van der Waals surface area contributed by atoms with Gasteiger partial charge < -0.3 is 20.1 Å². The lowest BCUT2D eigenvalue weighted by Crippen LogP contribution is -2.48. The summed E-state index contributed by atoms with van der Waals surface area (Å²) < 4.78 is 45.1. The van der Waals surface area contributed by atoms with E-state index in [1.807, 2.05) is 11.8 Å².